The summed E-state index contributed by atoms with van der Waals surface area (Å²) in [6, 6.07) is 0.275. The molecule has 0 aromatic carbocycles. The molecule has 3 heteroatoms. The fourth-order valence-electron chi connectivity index (χ4n) is 1.10. The normalized spacial score (nSPS) is 12.9. The van der Waals surface area contributed by atoms with Crippen LogP contribution in [0, 0.1) is 5.92 Å². The van der Waals surface area contributed by atoms with E-state index in [-0.39, 0.29) is 11.9 Å². The number of nitrogens with two attached hydrogens (primary N) is 1. The van der Waals surface area contributed by atoms with Crippen molar-refractivity contribution in [3.63, 3.8) is 0 Å². The molecule has 0 fully saturated rings. The Morgan fingerprint density at radius 1 is 1.21 bits per heavy atom. The van der Waals surface area contributed by atoms with Crippen molar-refractivity contribution < 1.29 is 4.79 Å². The van der Waals surface area contributed by atoms with Gasteiger partial charge in [0.2, 0.25) is 5.91 Å². The minimum atomic E-state index is 0.170. The topological polar surface area (TPSA) is 55.1 Å². The summed E-state index contributed by atoms with van der Waals surface area (Å²) in [5, 5.41) is 2.99. The van der Waals surface area contributed by atoms with Crippen molar-refractivity contribution in [3.8, 4) is 0 Å². The van der Waals surface area contributed by atoms with Crippen LogP contribution in [0.1, 0.15) is 46.5 Å². The molecule has 1 amide bonds. The number of hydrogen-bond acceptors (Lipinski definition) is 2. The van der Waals surface area contributed by atoms with E-state index >= 15 is 0 Å². The lowest BCUT2D eigenvalue weighted by Gasteiger charge is -2.17. The third kappa shape index (κ3) is 6.89. The summed E-state index contributed by atoms with van der Waals surface area (Å²) in [4.78, 5) is 11.4. The van der Waals surface area contributed by atoms with Gasteiger partial charge in [0, 0.05) is 12.5 Å². The van der Waals surface area contributed by atoms with E-state index in [4.69, 9.17) is 5.73 Å². The molecule has 0 saturated carbocycles. The van der Waals surface area contributed by atoms with Crippen molar-refractivity contribution in [1.29, 1.82) is 0 Å². The standard InChI is InChI=1S/C11H24N2O/c1-9(2)10(3)13-11(14)7-5-4-6-8-12/h9-10H,4-8,12H2,1-3H3,(H,13,14). The van der Waals surface area contributed by atoms with Crippen LogP contribution >= 0.6 is 0 Å². The lowest BCUT2D eigenvalue weighted by Crippen LogP contribution is -2.35. The molecule has 14 heavy (non-hydrogen) atoms. The Morgan fingerprint density at radius 3 is 2.36 bits per heavy atom. The molecular weight excluding hydrogens is 176 g/mol. The highest BCUT2D eigenvalue weighted by Crippen LogP contribution is 2.02. The van der Waals surface area contributed by atoms with Crippen molar-refractivity contribution >= 4 is 5.91 Å². The summed E-state index contributed by atoms with van der Waals surface area (Å²) in [6.45, 7) is 6.99. The predicted octanol–water partition coefficient (Wildman–Crippen LogP) is 1.67. The third-order valence-corrected chi connectivity index (χ3v) is 2.50. The number of carbonyl (C=O) groups is 1. The van der Waals surface area contributed by atoms with Gasteiger partial charge in [-0.1, -0.05) is 20.3 Å². The second-order valence-corrected chi connectivity index (χ2v) is 4.20. The number of unbranched alkanes of at least 4 members (excludes halogenated alkanes) is 2. The van der Waals surface area contributed by atoms with Crippen LogP contribution in [0.4, 0.5) is 0 Å². The van der Waals surface area contributed by atoms with Gasteiger partial charge in [-0.2, -0.15) is 0 Å². The Bertz CT molecular complexity index is 157. The van der Waals surface area contributed by atoms with Gasteiger partial charge in [0.25, 0.3) is 0 Å². The van der Waals surface area contributed by atoms with Gasteiger partial charge >= 0.3 is 0 Å². The number of carbonyl (C=O) groups excluding carboxylic acids is 1. The van der Waals surface area contributed by atoms with Gasteiger partial charge in [-0.25, -0.2) is 0 Å². The van der Waals surface area contributed by atoms with Gasteiger partial charge in [-0.15, -0.1) is 0 Å². The largest absolute Gasteiger partial charge is 0.353 e. The third-order valence-electron chi connectivity index (χ3n) is 2.50. The quantitative estimate of drug-likeness (QED) is 0.614. The average molecular weight is 200 g/mol. The maximum atomic E-state index is 11.4. The van der Waals surface area contributed by atoms with Crippen LogP contribution in [-0.2, 0) is 4.79 Å². The molecule has 1 atom stereocenters. The average Bonchev–Trinajstić information content (AvgIpc) is 2.12. The predicted molar refractivity (Wildman–Crippen MR) is 60.0 cm³/mol. The van der Waals surface area contributed by atoms with E-state index in [0.29, 0.717) is 12.3 Å². The number of nitrogens with one attached hydrogen (secondary N) is 1. The van der Waals surface area contributed by atoms with Crippen LogP contribution in [0.15, 0.2) is 0 Å². The summed E-state index contributed by atoms with van der Waals surface area (Å²) in [7, 11) is 0. The molecule has 0 spiro atoms. The summed E-state index contributed by atoms with van der Waals surface area (Å²) >= 11 is 0. The second kappa shape index (κ2) is 7.80. The molecule has 0 bridgehead atoms. The molecule has 84 valence electrons. The smallest absolute Gasteiger partial charge is 0.220 e. The highest BCUT2D eigenvalue weighted by molar-refractivity contribution is 5.76. The van der Waals surface area contributed by atoms with Gasteiger partial charge in [0.1, 0.15) is 0 Å². The molecule has 0 rings (SSSR count). The molecule has 0 aromatic rings. The zero-order valence-electron chi connectivity index (χ0n) is 9.68. The minimum Gasteiger partial charge on any atom is -0.353 e. The second-order valence-electron chi connectivity index (χ2n) is 4.20. The van der Waals surface area contributed by atoms with Gasteiger partial charge in [0.05, 0.1) is 0 Å². The molecule has 0 aliphatic rings. The monoisotopic (exact) mass is 200 g/mol. The van der Waals surface area contributed by atoms with Crippen LogP contribution in [0.5, 0.6) is 0 Å². The molecule has 0 saturated heterocycles. The van der Waals surface area contributed by atoms with Gasteiger partial charge in [0.15, 0.2) is 0 Å². The zero-order chi connectivity index (χ0) is 11.0. The molecule has 0 radical (unpaired) electrons. The molecule has 3 nitrogen and oxygen atoms in total. The SMILES string of the molecule is CC(C)C(C)NC(=O)CCCCCN. The summed E-state index contributed by atoms with van der Waals surface area (Å²) < 4.78 is 0. The molecule has 1 unspecified atom stereocenters. The van der Waals surface area contributed by atoms with E-state index in [1.807, 2.05) is 6.92 Å². The van der Waals surface area contributed by atoms with Crippen molar-refractivity contribution in [1.82, 2.24) is 5.32 Å². The van der Waals surface area contributed by atoms with Gasteiger partial charge < -0.3 is 11.1 Å². The first-order valence-corrected chi connectivity index (χ1v) is 5.57. The van der Waals surface area contributed by atoms with E-state index < -0.39 is 0 Å². The maximum absolute atomic E-state index is 11.4. The fraction of sp³-hybridized carbons (Fsp3) is 0.909. The lowest BCUT2D eigenvalue weighted by atomic mass is 10.1. The summed E-state index contributed by atoms with van der Waals surface area (Å²) in [5.74, 6) is 0.672. The van der Waals surface area contributed by atoms with E-state index in [9.17, 15) is 4.79 Å². The molecule has 0 aromatic heterocycles. The fourth-order valence-corrected chi connectivity index (χ4v) is 1.10. The van der Waals surface area contributed by atoms with Crippen LogP contribution in [0.2, 0.25) is 0 Å². The Hall–Kier alpha value is -0.570. The van der Waals surface area contributed by atoms with Gasteiger partial charge in [-0.3, -0.25) is 4.79 Å². The highest BCUT2D eigenvalue weighted by Gasteiger charge is 2.09. The Balaban J connectivity index is 3.45. The molecular formula is C11H24N2O. The van der Waals surface area contributed by atoms with Crippen molar-refractivity contribution in [2.75, 3.05) is 6.54 Å². The van der Waals surface area contributed by atoms with Crippen LogP contribution < -0.4 is 11.1 Å². The Labute approximate surface area is 87.4 Å². The summed E-state index contributed by atoms with van der Waals surface area (Å²) in [5.41, 5.74) is 5.37. The first-order chi connectivity index (χ1) is 6.57. The van der Waals surface area contributed by atoms with Crippen molar-refractivity contribution in [2.24, 2.45) is 11.7 Å². The first-order valence-electron chi connectivity index (χ1n) is 5.57. The van der Waals surface area contributed by atoms with Crippen molar-refractivity contribution in [2.45, 2.75) is 52.5 Å². The van der Waals surface area contributed by atoms with Crippen LogP contribution in [0.25, 0.3) is 0 Å². The Kier molecular flexibility index (Phi) is 7.48. The lowest BCUT2D eigenvalue weighted by molar-refractivity contribution is -0.122. The molecule has 3 N–H and O–H groups in total. The number of rotatable bonds is 7. The molecule has 0 heterocycles. The van der Waals surface area contributed by atoms with E-state index in [0.717, 1.165) is 25.8 Å². The highest BCUT2D eigenvalue weighted by atomic mass is 16.1. The summed E-state index contributed by atoms with van der Waals surface area (Å²) in [6.07, 6.45) is 3.66. The Morgan fingerprint density at radius 2 is 1.86 bits per heavy atom. The van der Waals surface area contributed by atoms with Crippen LogP contribution in [0.3, 0.4) is 0 Å². The van der Waals surface area contributed by atoms with E-state index in [2.05, 4.69) is 19.2 Å². The maximum Gasteiger partial charge on any atom is 0.220 e. The van der Waals surface area contributed by atoms with Gasteiger partial charge in [-0.05, 0) is 32.2 Å². The van der Waals surface area contributed by atoms with E-state index in [1.165, 1.54) is 0 Å². The van der Waals surface area contributed by atoms with E-state index in [1.54, 1.807) is 0 Å². The first kappa shape index (κ1) is 13.4. The zero-order valence-corrected chi connectivity index (χ0v) is 9.68. The number of hydrogen-bond donors (Lipinski definition) is 2. The molecule has 0 aliphatic heterocycles. The number of amides is 1. The minimum absolute atomic E-state index is 0.170. The van der Waals surface area contributed by atoms with Crippen LogP contribution in [-0.4, -0.2) is 18.5 Å². The molecule has 0 aliphatic carbocycles. The van der Waals surface area contributed by atoms with Crippen molar-refractivity contribution in [3.05, 3.63) is 0 Å².